The van der Waals surface area contributed by atoms with Gasteiger partial charge in [-0.05, 0) is 61.9 Å². The first-order valence-corrected chi connectivity index (χ1v) is 10.7. The van der Waals surface area contributed by atoms with Crippen LogP contribution in [0.3, 0.4) is 0 Å². The molecule has 1 aliphatic heterocycles. The number of benzene rings is 2. The van der Waals surface area contributed by atoms with Crippen LogP contribution in [0.5, 0.6) is 0 Å². The summed E-state index contributed by atoms with van der Waals surface area (Å²) in [5.74, 6) is 1.84. The van der Waals surface area contributed by atoms with Gasteiger partial charge in [-0.25, -0.2) is 4.98 Å². The normalized spacial score (nSPS) is 20.1. The number of hydrogen-bond acceptors (Lipinski definition) is 4. The topological polar surface area (TPSA) is 58.4 Å². The monoisotopic (exact) mass is 389 g/mol. The third-order valence-electron chi connectivity index (χ3n) is 6.08. The number of piperidine rings is 1. The maximum atomic E-state index is 12.6. The minimum absolute atomic E-state index is 0.0482. The lowest BCUT2D eigenvalue weighted by Crippen LogP contribution is -2.40. The summed E-state index contributed by atoms with van der Waals surface area (Å²) in [6, 6.07) is 16.3. The summed E-state index contributed by atoms with van der Waals surface area (Å²) < 4.78 is 5.84. The maximum Gasteiger partial charge on any atom is 0.251 e. The third-order valence-corrected chi connectivity index (χ3v) is 6.08. The molecule has 2 aliphatic rings. The van der Waals surface area contributed by atoms with Crippen LogP contribution >= 0.6 is 0 Å². The number of hydrogen-bond donors (Lipinski definition) is 1. The minimum atomic E-state index is -0.0482. The molecule has 0 bridgehead atoms. The van der Waals surface area contributed by atoms with Crippen LogP contribution in [0.15, 0.2) is 52.9 Å². The Morgan fingerprint density at radius 3 is 2.79 bits per heavy atom. The SMILES string of the molecule is O=C(NCCN1CCC[C@H](c2ccccc2)C1)c1ccc2nc(C3CC3)oc2c1. The van der Waals surface area contributed by atoms with Crippen molar-refractivity contribution >= 4 is 17.0 Å². The average molecular weight is 389 g/mol. The largest absolute Gasteiger partial charge is 0.440 e. The summed E-state index contributed by atoms with van der Waals surface area (Å²) in [5.41, 5.74) is 3.61. The van der Waals surface area contributed by atoms with Crippen molar-refractivity contribution in [1.82, 2.24) is 15.2 Å². The molecule has 2 fully saturated rings. The van der Waals surface area contributed by atoms with Crippen LogP contribution < -0.4 is 5.32 Å². The van der Waals surface area contributed by atoms with E-state index in [0.29, 0.717) is 29.5 Å². The van der Waals surface area contributed by atoms with Gasteiger partial charge in [0.15, 0.2) is 11.5 Å². The summed E-state index contributed by atoms with van der Waals surface area (Å²) in [6.07, 6.45) is 4.76. The lowest BCUT2D eigenvalue weighted by atomic mass is 9.91. The Morgan fingerprint density at radius 1 is 1.10 bits per heavy atom. The van der Waals surface area contributed by atoms with E-state index in [4.69, 9.17) is 4.42 Å². The fraction of sp³-hybridized carbons (Fsp3) is 0.417. The molecule has 1 saturated carbocycles. The third kappa shape index (κ3) is 4.20. The molecule has 5 heteroatoms. The van der Waals surface area contributed by atoms with Crippen molar-refractivity contribution in [1.29, 1.82) is 0 Å². The Labute approximate surface area is 171 Å². The van der Waals surface area contributed by atoms with Crippen molar-refractivity contribution in [3.05, 3.63) is 65.5 Å². The Balaban J connectivity index is 1.15. The van der Waals surface area contributed by atoms with Crippen LogP contribution in [0.25, 0.3) is 11.1 Å². The summed E-state index contributed by atoms with van der Waals surface area (Å²) in [7, 11) is 0. The van der Waals surface area contributed by atoms with Gasteiger partial charge in [0, 0.05) is 31.1 Å². The van der Waals surface area contributed by atoms with Gasteiger partial charge in [0.2, 0.25) is 0 Å². The molecule has 5 nitrogen and oxygen atoms in total. The fourth-order valence-corrected chi connectivity index (χ4v) is 4.27. The van der Waals surface area contributed by atoms with Gasteiger partial charge in [0.1, 0.15) is 5.52 Å². The zero-order valence-corrected chi connectivity index (χ0v) is 16.6. The summed E-state index contributed by atoms with van der Waals surface area (Å²) >= 11 is 0. The number of oxazole rings is 1. The number of nitrogens with zero attached hydrogens (tertiary/aromatic N) is 2. The van der Waals surface area contributed by atoms with E-state index in [1.165, 1.54) is 18.4 Å². The molecular weight excluding hydrogens is 362 g/mol. The first kappa shape index (κ1) is 18.4. The van der Waals surface area contributed by atoms with E-state index in [-0.39, 0.29) is 5.91 Å². The zero-order chi connectivity index (χ0) is 19.6. The number of rotatable bonds is 6. The number of carbonyl (C=O) groups excluding carboxylic acids is 1. The highest BCUT2D eigenvalue weighted by Crippen LogP contribution is 2.40. The number of carbonyl (C=O) groups is 1. The van der Waals surface area contributed by atoms with Gasteiger partial charge in [-0.15, -0.1) is 0 Å². The molecule has 1 atom stereocenters. The van der Waals surface area contributed by atoms with E-state index in [2.05, 4.69) is 45.5 Å². The molecule has 5 rings (SSSR count). The Morgan fingerprint density at radius 2 is 1.97 bits per heavy atom. The predicted molar refractivity (Wildman–Crippen MR) is 113 cm³/mol. The van der Waals surface area contributed by atoms with Crippen molar-refractivity contribution < 1.29 is 9.21 Å². The van der Waals surface area contributed by atoms with Gasteiger partial charge < -0.3 is 14.6 Å². The van der Waals surface area contributed by atoms with Crippen LogP contribution in [0, 0.1) is 0 Å². The number of aromatic nitrogens is 1. The molecule has 0 radical (unpaired) electrons. The molecule has 0 spiro atoms. The van der Waals surface area contributed by atoms with Crippen molar-refractivity contribution in [3.8, 4) is 0 Å². The van der Waals surface area contributed by atoms with E-state index in [1.807, 2.05) is 18.2 Å². The van der Waals surface area contributed by atoms with Crippen LogP contribution in [0.1, 0.15) is 59.3 Å². The van der Waals surface area contributed by atoms with Gasteiger partial charge in [0.05, 0.1) is 0 Å². The second-order valence-corrected chi connectivity index (χ2v) is 8.32. The highest BCUT2D eigenvalue weighted by atomic mass is 16.3. The standard InChI is InChI=1S/C24H27N3O2/c28-23(19-10-11-21-22(15-19)29-24(26-21)18-8-9-18)25-12-14-27-13-4-7-20(16-27)17-5-2-1-3-6-17/h1-3,5-6,10-11,15,18,20H,4,7-9,12-14,16H2,(H,25,28)/t20-/m0/s1. The van der Waals surface area contributed by atoms with E-state index in [0.717, 1.165) is 43.9 Å². The average Bonchev–Trinajstić information content (AvgIpc) is 3.53. The quantitative estimate of drug-likeness (QED) is 0.682. The van der Waals surface area contributed by atoms with Gasteiger partial charge in [-0.2, -0.15) is 0 Å². The highest BCUT2D eigenvalue weighted by Gasteiger charge is 2.29. The second-order valence-electron chi connectivity index (χ2n) is 8.32. The lowest BCUT2D eigenvalue weighted by molar-refractivity contribution is 0.0945. The number of fused-ring (bicyclic) bond motifs is 1. The van der Waals surface area contributed by atoms with E-state index < -0.39 is 0 Å². The molecule has 0 unspecified atom stereocenters. The zero-order valence-electron chi connectivity index (χ0n) is 16.6. The van der Waals surface area contributed by atoms with Gasteiger partial charge in [0.25, 0.3) is 5.91 Å². The van der Waals surface area contributed by atoms with E-state index in [1.54, 1.807) is 0 Å². The van der Waals surface area contributed by atoms with Crippen LogP contribution in [-0.2, 0) is 0 Å². The van der Waals surface area contributed by atoms with Crippen LogP contribution in [0.4, 0.5) is 0 Å². The van der Waals surface area contributed by atoms with Gasteiger partial charge in [-0.3, -0.25) is 4.79 Å². The fourth-order valence-electron chi connectivity index (χ4n) is 4.27. The smallest absolute Gasteiger partial charge is 0.251 e. The first-order chi connectivity index (χ1) is 14.3. The van der Waals surface area contributed by atoms with E-state index >= 15 is 0 Å². The molecule has 1 amide bonds. The molecule has 2 aromatic carbocycles. The first-order valence-electron chi connectivity index (χ1n) is 10.7. The number of amides is 1. The van der Waals surface area contributed by atoms with E-state index in [9.17, 15) is 4.79 Å². The summed E-state index contributed by atoms with van der Waals surface area (Å²) in [6.45, 7) is 3.70. The molecule has 3 aromatic rings. The van der Waals surface area contributed by atoms with Crippen molar-refractivity contribution in [2.24, 2.45) is 0 Å². The highest BCUT2D eigenvalue weighted by molar-refractivity contribution is 5.97. The van der Waals surface area contributed by atoms with Crippen LogP contribution in [-0.4, -0.2) is 42.0 Å². The number of likely N-dealkylation sites (tertiary alicyclic amines) is 1. The van der Waals surface area contributed by atoms with Gasteiger partial charge >= 0.3 is 0 Å². The molecule has 1 aromatic heterocycles. The molecule has 1 N–H and O–H groups in total. The minimum Gasteiger partial charge on any atom is -0.440 e. The molecule has 150 valence electrons. The molecule has 1 aliphatic carbocycles. The predicted octanol–water partition coefficient (Wildman–Crippen LogP) is 4.31. The lowest BCUT2D eigenvalue weighted by Gasteiger charge is -2.33. The molecule has 29 heavy (non-hydrogen) atoms. The Hall–Kier alpha value is -2.66. The Kier molecular flexibility index (Phi) is 5.06. The second kappa shape index (κ2) is 7.99. The van der Waals surface area contributed by atoms with Gasteiger partial charge in [-0.1, -0.05) is 30.3 Å². The maximum absolute atomic E-state index is 12.6. The van der Waals surface area contributed by atoms with Crippen molar-refractivity contribution in [3.63, 3.8) is 0 Å². The van der Waals surface area contributed by atoms with Crippen molar-refractivity contribution in [2.75, 3.05) is 26.2 Å². The van der Waals surface area contributed by atoms with Crippen molar-refractivity contribution in [2.45, 2.75) is 37.5 Å². The number of nitrogens with one attached hydrogen (secondary N) is 1. The van der Waals surface area contributed by atoms with Crippen LogP contribution in [0.2, 0.25) is 0 Å². The molecule has 1 saturated heterocycles. The summed E-state index contributed by atoms with van der Waals surface area (Å²) in [4.78, 5) is 19.6. The summed E-state index contributed by atoms with van der Waals surface area (Å²) in [5, 5.41) is 3.06. The Bertz CT molecular complexity index is 994. The molecule has 2 heterocycles. The molecular formula is C24H27N3O2.